The zero-order valence-electron chi connectivity index (χ0n) is 22.7. The summed E-state index contributed by atoms with van der Waals surface area (Å²) >= 11 is 0. The highest BCUT2D eigenvalue weighted by Gasteiger charge is 2.53. The van der Waals surface area contributed by atoms with E-state index in [0.29, 0.717) is 0 Å². The molecule has 1 aromatic carbocycles. The summed E-state index contributed by atoms with van der Waals surface area (Å²) in [6.07, 6.45) is -6.02. The number of carboxylic acids is 2. The first-order chi connectivity index (χ1) is 19.1. The van der Waals surface area contributed by atoms with Gasteiger partial charge in [0.15, 0.2) is 0 Å². The minimum absolute atomic E-state index is 0.0518. The third-order valence-corrected chi connectivity index (χ3v) is 7.53. The fourth-order valence-electron chi connectivity index (χ4n) is 5.52. The predicted octanol–water partition coefficient (Wildman–Crippen LogP) is 3.03. The predicted molar refractivity (Wildman–Crippen MR) is 135 cm³/mol. The number of fused-ring (bicyclic) bond motifs is 2. The Morgan fingerprint density at radius 3 is 1.95 bits per heavy atom. The van der Waals surface area contributed by atoms with E-state index < -0.39 is 24.3 Å². The van der Waals surface area contributed by atoms with E-state index in [4.69, 9.17) is 24.5 Å². The van der Waals surface area contributed by atoms with Crippen LogP contribution < -0.4 is 5.32 Å². The van der Waals surface area contributed by atoms with Crippen molar-refractivity contribution >= 4 is 11.9 Å². The molecule has 0 amide bonds. The molecule has 4 rings (SSSR count). The van der Waals surface area contributed by atoms with Crippen LogP contribution in [0, 0.1) is 0 Å². The minimum Gasteiger partial charge on any atom is -0.475 e. The number of ether oxygens (including phenoxy) is 1. The van der Waals surface area contributed by atoms with E-state index in [1.54, 1.807) is 7.11 Å². The minimum atomic E-state index is -5.08. The lowest BCUT2D eigenvalue weighted by Crippen LogP contribution is -2.52. The van der Waals surface area contributed by atoms with E-state index in [1.165, 1.54) is 17.5 Å². The average molecular weight is 602 g/mol. The van der Waals surface area contributed by atoms with Gasteiger partial charge in [0.25, 0.3) is 0 Å². The van der Waals surface area contributed by atoms with Crippen molar-refractivity contribution in [1.29, 1.82) is 0 Å². The molecule has 0 unspecified atom stereocenters. The Morgan fingerprint density at radius 1 is 0.951 bits per heavy atom. The number of aliphatic carboxylic acids is 2. The van der Waals surface area contributed by atoms with Gasteiger partial charge < -0.3 is 30.3 Å². The lowest BCUT2D eigenvalue weighted by molar-refractivity contribution is -0.193. The molecule has 0 bridgehead atoms. The number of piperidine rings is 1. The summed E-state index contributed by atoms with van der Waals surface area (Å²) in [5.74, 6) is -5.51. The average Bonchev–Trinajstić information content (AvgIpc) is 3.14. The van der Waals surface area contributed by atoms with Crippen molar-refractivity contribution in [3.63, 3.8) is 0 Å². The second-order valence-corrected chi connectivity index (χ2v) is 10.1. The number of nitrogens with one attached hydrogen (secondary N) is 1. The van der Waals surface area contributed by atoms with Crippen LogP contribution in [-0.4, -0.2) is 115 Å². The summed E-state index contributed by atoms with van der Waals surface area (Å²) in [5, 5.41) is 29.2. The summed E-state index contributed by atoms with van der Waals surface area (Å²) in [4.78, 5) is 22.9. The second kappa shape index (κ2) is 15.1. The van der Waals surface area contributed by atoms with Crippen LogP contribution in [0.15, 0.2) is 24.3 Å². The van der Waals surface area contributed by atoms with E-state index in [-0.39, 0.29) is 17.6 Å². The maximum absolute atomic E-state index is 11.5. The van der Waals surface area contributed by atoms with E-state index in [2.05, 4.69) is 39.4 Å². The third-order valence-electron chi connectivity index (χ3n) is 7.53. The van der Waals surface area contributed by atoms with Crippen LogP contribution in [0.1, 0.15) is 42.9 Å². The molecule has 1 aromatic rings. The van der Waals surface area contributed by atoms with Crippen molar-refractivity contribution < 1.29 is 56.0 Å². The molecule has 0 aromatic heterocycles. The number of methoxy groups -OCH3 is 1. The molecular formula is C26H37F6N3O6. The van der Waals surface area contributed by atoms with Gasteiger partial charge in [-0.2, -0.15) is 26.3 Å². The van der Waals surface area contributed by atoms with Gasteiger partial charge in [-0.1, -0.05) is 24.3 Å². The topological polar surface area (TPSA) is 123 Å². The molecule has 4 N–H and O–H groups in total. The first-order valence-electron chi connectivity index (χ1n) is 13.2. The highest BCUT2D eigenvalue weighted by molar-refractivity contribution is 5.73. The Morgan fingerprint density at radius 2 is 1.46 bits per heavy atom. The summed E-state index contributed by atoms with van der Waals surface area (Å²) in [6.45, 7) is 8.35. The van der Waals surface area contributed by atoms with E-state index in [1.807, 2.05) is 0 Å². The standard InChI is InChI=1S/C22H35N3O2.2C2HF3O2/c1-27-17-5-4-12-24-13-15-25(16-14-24)20-18-6-2-3-7-19(18)22(21(20)26)8-10-23-11-9-22;2*3-2(4,5)1(6)7/h2-3,6-7,20-21,23,26H,4-5,8-17H2,1H3;2*(H,6,7)/t20-,21+;;/m1../s1. The number of aliphatic hydroxyl groups excluding tert-OH is 1. The lowest BCUT2D eigenvalue weighted by Gasteiger charge is -2.43. The van der Waals surface area contributed by atoms with Gasteiger partial charge >= 0.3 is 24.3 Å². The van der Waals surface area contributed by atoms with Gasteiger partial charge in [0.2, 0.25) is 0 Å². The molecule has 2 fully saturated rings. The molecule has 0 radical (unpaired) electrons. The largest absolute Gasteiger partial charge is 0.490 e. The van der Waals surface area contributed by atoms with Gasteiger partial charge in [-0.3, -0.25) is 4.90 Å². The number of hydrogen-bond acceptors (Lipinski definition) is 7. The molecule has 15 heteroatoms. The van der Waals surface area contributed by atoms with Gasteiger partial charge in [0.1, 0.15) is 0 Å². The SMILES string of the molecule is COCCCCN1CCN([C@@H]2c3ccccc3C3(CCNCC3)[C@H]2O)CC1.O=C(O)C(F)(F)F.O=C(O)C(F)(F)F. The van der Waals surface area contributed by atoms with Gasteiger partial charge in [-0.15, -0.1) is 0 Å². The zero-order valence-corrected chi connectivity index (χ0v) is 22.7. The van der Waals surface area contributed by atoms with E-state index in [9.17, 15) is 31.4 Å². The van der Waals surface area contributed by atoms with Crippen molar-refractivity contribution in [2.45, 2.75) is 55.6 Å². The van der Waals surface area contributed by atoms with E-state index >= 15 is 0 Å². The van der Waals surface area contributed by atoms with Gasteiger partial charge in [0.05, 0.1) is 12.1 Å². The number of carboxylic acid groups (broad SMARTS) is 2. The quantitative estimate of drug-likeness (QED) is 0.288. The van der Waals surface area contributed by atoms with Crippen LogP contribution in [0.3, 0.4) is 0 Å². The van der Waals surface area contributed by atoms with Crippen LogP contribution in [0.25, 0.3) is 0 Å². The number of alkyl halides is 6. The number of rotatable bonds is 6. The van der Waals surface area contributed by atoms with Crippen molar-refractivity contribution in [3.05, 3.63) is 35.4 Å². The van der Waals surface area contributed by atoms with Crippen LogP contribution >= 0.6 is 0 Å². The fraction of sp³-hybridized carbons (Fsp3) is 0.692. The number of hydrogen-bond donors (Lipinski definition) is 4. The number of piperazine rings is 1. The molecule has 2 saturated heterocycles. The monoisotopic (exact) mass is 601 g/mol. The van der Waals surface area contributed by atoms with Crippen molar-refractivity contribution in [2.75, 3.05) is 59.5 Å². The number of halogens is 6. The highest BCUT2D eigenvalue weighted by Crippen LogP contribution is 2.52. The lowest BCUT2D eigenvalue weighted by atomic mass is 9.72. The molecule has 0 saturated carbocycles. The fourth-order valence-corrected chi connectivity index (χ4v) is 5.52. The smallest absolute Gasteiger partial charge is 0.475 e. The van der Waals surface area contributed by atoms with Gasteiger partial charge in [0, 0.05) is 45.3 Å². The third kappa shape index (κ3) is 9.53. The van der Waals surface area contributed by atoms with Gasteiger partial charge in [-0.05, 0) is 56.4 Å². The number of unbranched alkanes of at least 4 members (excludes halogenated alkanes) is 1. The summed E-state index contributed by atoms with van der Waals surface area (Å²) < 4.78 is 68.6. The van der Waals surface area contributed by atoms with Crippen molar-refractivity contribution in [3.8, 4) is 0 Å². The molecule has 3 aliphatic rings. The van der Waals surface area contributed by atoms with Gasteiger partial charge in [-0.25, -0.2) is 9.59 Å². The first kappa shape index (κ1) is 34.7. The maximum atomic E-state index is 11.5. The number of nitrogens with zero attached hydrogens (tertiary/aromatic N) is 2. The second-order valence-electron chi connectivity index (χ2n) is 10.1. The Balaban J connectivity index is 0.000000349. The van der Waals surface area contributed by atoms with E-state index in [0.717, 1.165) is 71.7 Å². The number of benzene rings is 1. The molecule has 2 aliphatic heterocycles. The molecule has 9 nitrogen and oxygen atoms in total. The Kier molecular flexibility index (Phi) is 12.8. The maximum Gasteiger partial charge on any atom is 0.490 e. The Hall–Kier alpha value is -2.46. The molecule has 41 heavy (non-hydrogen) atoms. The van der Waals surface area contributed by atoms with Crippen LogP contribution in [0.5, 0.6) is 0 Å². The molecule has 1 spiro atoms. The molecular weight excluding hydrogens is 564 g/mol. The van der Waals surface area contributed by atoms with Crippen molar-refractivity contribution in [1.82, 2.24) is 15.1 Å². The number of aliphatic hydroxyl groups is 1. The van der Waals surface area contributed by atoms with Crippen molar-refractivity contribution in [2.24, 2.45) is 0 Å². The molecule has 2 atom stereocenters. The summed E-state index contributed by atoms with van der Waals surface area (Å²) in [7, 11) is 1.78. The van der Waals surface area contributed by atoms with Crippen LogP contribution in [0.2, 0.25) is 0 Å². The highest BCUT2D eigenvalue weighted by atomic mass is 19.4. The van der Waals surface area contributed by atoms with Crippen LogP contribution in [0.4, 0.5) is 26.3 Å². The first-order valence-corrected chi connectivity index (χ1v) is 13.2. The number of carbonyl (C=O) groups is 2. The Labute approximate surface area is 234 Å². The summed E-state index contributed by atoms with van der Waals surface area (Å²) in [5.41, 5.74) is 2.73. The normalized spacial score (nSPS) is 22.6. The van der Waals surface area contributed by atoms with Crippen LogP contribution in [-0.2, 0) is 19.7 Å². The zero-order chi connectivity index (χ0) is 30.8. The molecule has 1 aliphatic carbocycles. The molecule has 2 heterocycles. The Bertz CT molecular complexity index is 955. The summed E-state index contributed by atoms with van der Waals surface area (Å²) in [6, 6.07) is 8.99. The molecule has 234 valence electrons.